The van der Waals surface area contributed by atoms with Gasteiger partial charge in [-0.05, 0) is 19.9 Å². The standard InChI is InChI=1S/C14H18N4O.C13H16N6O2.C13H15N5O2.3BrH/c1-12-8-13(2)11-17(10-12)5-3-6-18-7-4-15-14(18)9-16-19;14-17-13(20)11-2-7-18(8-3-11)5-1-6-19-9-4-15-12(19)10-16-21;14-13(19)11-2-7-17(8-3-11)5-1-6-18-9-4-15-12(18)10-16-20;;;/h4,7-11H,3,5-6H2,1-2H3;2-4,7-10,14H,1,5-6H2,(H2,15,20,21);2-4,7-10H,1,5-6H2,(H2-,14,15,19,20);3*1H/p+3/b16-9+;;;;;. The average molecular weight is 1070 g/mol. The fraction of sp³-hybridized carbons (Fsp3) is 0.275. The highest BCUT2D eigenvalue weighted by Crippen LogP contribution is 2.02. The lowest BCUT2D eigenvalue weighted by atomic mass is 10.2. The first-order chi connectivity index (χ1) is 29.1. The van der Waals surface area contributed by atoms with Gasteiger partial charge in [-0.25, -0.2) is 34.5 Å². The second kappa shape index (κ2) is 30.0. The molecule has 0 aliphatic heterocycles. The zero-order chi connectivity index (χ0) is 43.1. The van der Waals surface area contributed by atoms with E-state index in [9.17, 15) is 9.59 Å². The lowest BCUT2D eigenvalue weighted by Crippen LogP contribution is -2.35. The van der Waals surface area contributed by atoms with E-state index >= 15 is 0 Å². The predicted octanol–water partition coefficient (Wildman–Crippen LogP) is 3.26. The molecule has 0 radical (unpaired) electrons. The summed E-state index contributed by atoms with van der Waals surface area (Å²) in [5, 5.41) is 34.5. The molecule has 0 fully saturated rings. The fourth-order valence-corrected chi connectivity index (χ4v) is 6.07. The van der Waals surface area contributed by atoms with Gasteiger partial charge in [0.1, 0.15) is 38.3 Å². The van der Waals surface area contributed by atoms with Gasteiger partial charge in [0.25, 0.3) is 5.91 Å². The Kier molecular flexibility index (Phi) is 26.1. The molecule has 63 heavy (non-hydrogen) atoms. The number of hydrazine groups is 1. The van der Waals surface area contributed by atoms with Gasteiger partial charge in [0.15, 0.2) is 54.7 Å². The van der Waals surface area contributed by atoms with Crippen LogP contribution in [0.5, 0.6) is 0 Å². The molecule has 0 aromatic carbocycles. The van der Waals surface area contributed by atoms with Crippen molar-refractivity contribution in [2.45, 2.75) is 72.4 Å². The summed E-state index contributed by atoms with van der Waals surface area (Å²) in [7, 11) is 0. The van der Waals surface area contributed by atoms with Gasteiger partial charge >= 0.3 is 0 Å². The third-order valence-electron chi connectivity index (χ3n) is 8.86. The quantitative estimate of drug-likeness (QED) is 0.0195. The van der Waals surface area contributed by atoms with Crippen molar-refractivity contribution in [3.05, 3.63) is 144 Å². The highest BCUT2D eigenvalue weighted by Gasteiger charge is 2.09. The molecule has 0 saturated heterocycles. The smallest absolute Gasteiger partial charge is 0.265 e. The van der Waals surface area contributed by atoms with Gasteiger partial charge in [0.2, 0.25) is 5.91 Å². The topological polar surface area (TPSA) is 261 Å². The van der Waals surface area contributed by atoms with Crippen molar-refractivity contribution in [3.8, 4) is 0 Å². The van der Waals surface area contributed by atoms with Crippen LogP contribution in [0.2, 0.25) is 0 Å². The number of nitrogens with one attached hydrogen (secondary N) is 1. The third kappa shape index (κ3) is 18.8. The Labute approximate surface area is 396 Å². The monoisotopic (exact) mass is 1060 g/mol. The number of amides is 2. The zero-order valence-corrected chi connectivity index (χ0v) is 40.0. The van der Waals surface area contributed by atoms with E-state index < -0.39 is 5.91 Å². The van der Waals surface area contributed by atoms with Crippen LogP contribution < -0.4 is 30.7 Å². The largest absolute Gasteiger partial charge is 0.411 e. The summed E-state index contributed by atoms with van der Waals surface area (Å²) in [6, 6.07) is 8.99. The number of aryl methyl sites for hydroxylation is 8. The molecule has 6 rings (SSSR count). The number of halogens is 3. The molecular weight excluding hydrogens is 1010 g/mol. The molecule has 0 saturated carbocycles. The molecular formula is C40H55Br3N15O5+3. The number of nitrogens with two attached hydrogens (primary N) is 2. The summed E-state index contributed by atoms with van der Waals surface area (Å²) in [6.07, 6.45) is 28.9. The lowest BCUT2D eigenvalue weighted by Gasteiger charge is -2.03. The average Bonchev–Trinajstić information content (AvgIpc) is 4.01. The number of nitrogens with zero attached hydrogens (tertiary/aromatic N) is 12. The van der Waals surface area contributed by atoms with E-state index in [0.29, 0.717) is 28.6 Å². The summed E-state index contributed by atoms with van der Waals surface area (Å²) in [5.74, 6) is 6.23. The Morgan fingerprint density at radius 1 is 0.635 bits per heavy atom. The lowest BCUT2D eigenvalue weighted by molar-refractivity contribution is -0.698. The van der Waals surface area contributed by atoms with Gasteiger partial charge in [-0.2, -0.15) is 0 Å². The molecule has 0 aliphatic carbocycles. The van der Waals surface area contributed by atoms with Crippen molar-refractivity contribution in [2.24, 2.45) is 27.0 Å². The number of carbonyl (C=O) groups excluding carboxylic acids is 2. The number of imidazole rings is 3. The van der Waals surface area contributed by atoms with Crippen LogP contribution in [0.4, 0.5) is 0 Å². The van der Waals surface area contributed by atoms with Crippen LogP contribution in [0.1, 0.15) is 68.6 Å². The van der Waals surface area contributed by atoms with Crippen molar-refractivity contribution in [2.75, 3.05) is 0 Å². The number of hydrogen-bond donors (Lipinski definition) is 6. The fourth-order valence-electron chi connectivity index (χ4n) is 6.07. The SMILES string of the molecule is Br.Br.Br.Cc1cc(C)c[n+](CCCn2ccnc2/C=N/O)c1.NC(=O)c1cc[n+](CCCn2ccnc2/C=N/O)cc1.NNC(=O)c1cc[n+](CCCn2ccnc2/C=N/O)cc1. The minimum Gasteiger partial charge on any atom is -0.411 e. The molecule has 23 heteroatoms. The third-order valence-corrected chi connectivity index (χ3v) is 8.86. The van der Waals surface area contributed by atoms with Gasteiger partial charge in [-0.3, -0.25) is 15.0 Å². The van der Waals surface area contributed by atoms with Gasteiger partial charge in [0, 0.05) is 111 Å². The Morgan fingerprint density at radius 3 is 1.32 bits per heavy atom. The number of primary amides is 1. The normalized spacial score (nSPS) is 10.5. The second-order valence-electron chi connectivity index (χ2n) is 13.3. The first-order valence-corrected chi connectivity index (χ1v) is 19.0. The molecule has 0 bridgehead atoms. The van der Waals surface area contributed by atoms with Crippen molar-refractivity contribution in [1.29, 1.82) is 0 Å². The molecule has 0 spiro atoms. The van der Waals surface area contributed by atoms with E-state index in [1.165, 1.54) is 29.8 Å². The van der Waals surface area contributed by atoms with E-state index in [1.807, 2.05) is 66.2 Å². The second-order valence-corrected chi connectivity index (χ2v) is 13.3. The minimum absolute atomic E-state index is 0. The van der Waals surface area contributed by atoms with Gasteiger partial charge in [-0.15, -0.1) is 50.9 Å². The molecule has 0 aliphatic rings. The number of hydrogen-bond acceptors (Lipinski definition) is 12. The minimum atomic E-state index is -0.427. The molecule has 0 unspecified atom stereocenters. The van der Waals surface area contributed by atoms with E-state index in [4.69, 9.17) is 27.2 Å². The molecule has 8 N–H and O–H groups in total. The maximum absolute atomic E-state index is 11.3. The van der Waals surface area contributed by atoms with Gasteiger partial charge < -0.3 is 35.1 Å². The first-order valence-electron chi connectivity index (χ1n) is 19.0. The van der Waals surface area contributed by atoms with Crippen LogP contribution in [0.15, 0.2) is 120 Å². The number of aromatic nitrogens is 9. The molecule has 6 aromatic rings. The van der Waals surface area contributed by atoms with Gasteiger partial charge in [0.05, 0.1) is 11.1 Å². The van der Waals surface area contributed by atoms with Crippen molar-refractivity contribution >= 4 is 81.4 Å². The predicted molar refractivity (Wildman–Crippen MR) is 249 cm³/mol. The zero-order valence-electron chi connectivity index (χ0n) is 34.8. The van der Waals surface area contributed by atoms with Crippen molar-refractivity contribution in [3.63, 3.8) is 0 Å². The van der Waals surface area contributed by atoms with Crippen LogP contribution in [-0.4, -0.2) is 74.7 Å². The van der Waals surface area contributed by atoms with E-state index in [1.54, 1.807) is 42.9 Å². The number of nitrogen functional groups attached to an aromatic ring is 1. The Morgan fingerprint density at radius 2 is 0.984 bits per heavy atom. The molecule has 6 heterocycles. The summed E-state index contributed by atoms with van der Waals surface area (Å²) < 4.78 is 11.9. The highest BCUT2D eigenvalue weighted by atomic mass is 79.9. The molecule has 6 aromatic heterocycles. The van der Waals surface area contributed by atoms with E-state index in [0.717, 1.165) is 58.5 Å². The van der Waals surface area contributed by atoms with E-state index in [2.05, 4.69) is 72.7 Å². The molecule has 0 atom stereocenters. The van der Waals surface area contributed by atoms with Crippen LogP contribution in [0.25, 0.3) is 0 Å². The first kappa shape index (κ1) is 54.8. The maximum atomic E-state index is 11.3. The van der Waals surface area contributed by atoms with Crippen LogP contribution in [-0.2, 0) is 39.3 Å². The summed E-state index contributed by atoms with van der Waals surface area (Å²) >= 11 is 0. The van der Waals surface area contributed by atoms with E-state index in [-0.39, 0.29) is 56.9 Å². The Bertz CT molecular complexity index is 2310. The van der Waals surface area contributed by atoms with Crippen molar-refractivity contribution in [1.82, 2.24) is 34.1 Å². The summed E-state index contributed by atoms with van der Waals surface area (Å²) in [4.78, 5) is 34.5. The highest BCUT2D eigenvalue weighted by molar-refractivity contribution is 8.93. The number of rotatable bonds is 17. The molecule has 338 valence electrons. The van der Waals surface area contributed by atoms with Crippen LogP contribution in [0, 0.1) is 13.8 Å². The van der Waals surface area contributed by atoms with Crippen LogP contribution >= 0.6 is 50.9 Å². The molecule has 20 nitrogen and oxygen atoms in total. The number of oxime groups is 3. The maximum Gasteiger partial charge on any atom is 0.265 e. The Balaban J connectivity index is 0.000000462. The number of carbonyl (C=O) groups is 2. The van der Waals surface area contributed by atoms with Crippen molar-refractivity contribution < 1.29 is 38.9 Å². The Hall–Kier alpha value is -6.17. The summed E-state index contributed by atoms with van der Waals surface area (Å²) in [6.45, 7) is 9.11. The number of pyridine rings is 3. The molecule has 2 amide bonds. The summed E-state index contributed by atoms with van der Waals surface area (Å²) in [5.41, 5.74) is 10.8. The van der Waals surface area contributed by atoms with Gasteiger partial charge in [-0.1, -0.05) is 15.5 Å². The van der Waals surface area contributed by atoms with Crippen LogP contribution in [0.3, 0.4) is 0 Å².